The van der Waals surface area contributed by atoms with Crippen LogP contribution in [0.2, 0.25) is 0 Å². The van der Waals surface area contributed by atoms with Crippen LogP contribution in [0.15, 0.2) is 64.2 Å². The molecule has 0 saturated heterocycles. The summed E-state index contributed by atoms with van der Waals surface area (Å²) in [6.45, 7) is 0. The number of rotatable bonds is 4. The van der Waals surface area contributed by atoms with E-state index in [0.29, 0.717) is 22.2 Å². The summed E-state index contributed by atoms with van der Waals surface area (Å²) in [7, 11) is 0. The van der Waals surface area contributed by atoms with Crippen molar-refractivity contribution in [2.75, 3.05) is 0 Å². The molecule has 0 spiro atoms. The van der Waals surface area contributed by atoms with Gasteiger partial charge in [-0.05, 0) is 24.3 Å². The molecule has 5 nitrogen and oxygen atoms in total. The van der Waals surface area contributed by atoms with Crippen LogP contribution in [0.3, 0.4) is 0 Å². The molecule has 2 heterocycles. The Labute approximate surface area is 182 Å². The van der Waals surface area contributed by atoms with E-state index in [-0.39, 0.29) is 10.6 Å². The molecule has 0 radical (unpaired) electrons. The van der Waals surface area contributed by atoms with Gasteiger partial charge in [-0.1, -0.05) is 46.3 Å². The number of halogens is 5. The second-order valence-corrected chi connectivity index (χ2v) is 7.86. The van der Waals surface area contributed by atoms with Gasteiger partial charge in [0.15, 0.2) is 0 Å². The number of hydrogen-bond acceptors (Lipinski definition) is 4. The van der Waals surface area contributed by atoms with Crippen molar-refractivity contribution in [1.29, 1.82) is 0 Å². The van der Waals surface area contributed by atoms with E-state index in [9.17, 15) is 27.5 Å². The Bertz CT molecular complexity index is 1200. The molecule has 1 N–H and O–H groups in total. The molecule has 1 aliphatic rings. The van der Waals surface area contributed by atoms with Gasteiger partial charge in [0.2, 0.25) is 5.72 Å². The van der Waals surface area contributed by atoms with Crippen LogP contribution >= 0.6 is 15.9 Å². The SMILES string of the molecule is O=C(c1cc(-c2cccc(Br)c2)nc2ccccc12)N1N=C(C(F)F)C[C@@]1(O)C(F)F. The number of carbonyl (C=O) groups is 1. The van der Waals surface area contributed by atoms with Gasteiger partial charge in [0.1, 0.15) is 5.71 Å². The molecule has 10 heteroatoms. The summed E-state index contributed by atoms with van der Waals surface area (Å²) in [6, 6.07) is 14.9. The van der Waals surface area contributed by atoms with Crippen LogP contribution in [0.5, 0.6) is 0 Å². The molecule has 0 aliphatic carbocycles. The fourth-order valence-corrected chi connectivity index (χ4v) is 3.76. The molecule has 0 unspecified atom stereocenters. The molecule has 1 amide bonds. The molecular formula is C21H14BrF4N3O2. The number of alkyl halides is 4. The third-order valence-corrected chi connectivity index (χ3v) is 5.39. The van der Waals surface area contributed by atoms with Gasteiger partial charge in [-0.3, -0.25) is 4.79 Å². The zero-order valence-electron chi connectivity index (χ0n) is 15.6. The summed E-state index contributed by atoms with van der Waals surface area (Å²) >= 11 is 3.35. The van der Waals surface area contributed by atoms with Crippen molar-refractivity contribution in [2.45, 2.75) is 25.0 Å². The lowest BCUT2D eigenvalue weighted by Crippen LogP contribution is -2.51. The molecule has 0 saturated carbocycles. The molecule has 160 valence electrons. The number of pyridine rings is 1. The van der Waals surface area contributed by atoms with Gasteiger partial charge in [-0.2, -0.15) is 10.1 Å². The van der Waals surface area contributed by atoms with E-state index in [0.717, 1.165) is 4.47 Å². The minimum absolute atomic E-state index is 0.0611. The van der Waals surface area contributed by atoms with Crippen molar-refractivity contribution in [2.24, 2.45) is 5.10 Å². The van der Waals surface area contributed by atoms with Crippen LogP contribution in [0, 0.1) is 0 Å². The van der Waals surface area contributed by atoms with Crippen molar-refractivity contribution >= 4 is 38.5 Å². The van der Waals surface area contributed by atoms with Crippen molar-refractivity contribution in [3.63, 3.8) is 0 Å². The Morgan fingerprint density at radius 2 is 1.84 bits per heavy atom. The van der Waals surface area contributed by atoms with Crippen molar-refractivity contribution in [3.05, 3.63) is 64.6 Å². The fraction of sp³-hybridized carbons (Fsp3) is 0.190. The molecule has 2 aromatic carbocycles. The van der Waals surface area contributed by atoms with Gasteiger partial charge in [0.25, 0.3) is 18.8 Å². The molecule has 1 atom stereocenters. The van der Waals surface area contributed by atoms with Gasteiger partial charge in [-0.25, -0.2) is 22.5 Å². The molecule has 0 bridgehead atoms. The van der Waals surface area contributed by atoms with Crippen LogP contribution in [0.1, 0.15) is 16.8 Å². The van der Waals surface area contributed by atoms with E-state index in [4.69, 9.17) is 0 Å². The number of benzene rings is 2. The summed E-state index contributed by atoms with van der Waals surface area (Å²) in [6.07, 6.45) is -7.83. The van der Waals surface area contributed by atoms with E-state index in [1.165, 1.54) is 6.07 Å². The highest BCUT2D eigenvalue weighted by molar-refractivity contribution is 9.10. The Morgan fingerprint density at radius 1 is 1.10 bits per heavy atom. The lowest BCUT2D eigenvalue weighted by molar-refractivity contribution is -0.164. The predicted molar refractivity (Wildman–Crippen MR) is 110 cm³/mol. The molecular weight excluding hydrogens is 482 g/mol. The number of fused-ring (bicyclic) bond motifs is 1. The first-order valence-corrected chi connectivity index (χ1v) is 9.86. The highest BCUT2D eigenvalue weighted by atomic mass is 79.9. The van der Waals surface area contributed by atoms with Crippen molar-refractivity contribution < 1.29 is 27.5 Å². The maximum atomic E-state index is 13.6. The Kier molecular flexibility index (Phi) is 5.52. The van der Waals surface area contributed by atoms with E-state index < -0.39 is 36.6 Å². The van der Waals surface area contributed by atoms with Crippen molar-refractivity contribution in [3.8, 4) is 11.3 Å². The van der Waals surface area contributed by atoms with Crippen LogP contribution < -0.4 is 0 Å². The molecule has 31 heavy (non-hydrogen) atoms. The lowest BCUT2D eigenvalue weighted by Gasteiger charge is -2.30. The Balaban J connectivity index is 1.89. The fourth-order valence-electron chi connectivity index (χ4n) is 3.37. The standard InChI is InChI=1S/C21H14BrF4N3O2/c22-12-5-3-4-11(8-12)16-9-14(13-6-1-2-7-15(13)27-16)19(30)29-21(31,20(25)26)10-17(28-29)18(23)24/h1-9,18,20,31H,10H2/t21-/m1/s1. The van der Waals surface area contributed by atoms with E-state index in [1.807, 2.05) is 0 Å². The molecule has 3 aromatic rings. The van der Waals surface area contributed by atoms with Crippen molar-refractivity contribution in [1.82, 2.24) is 9.99 Å². The summed E-state index contributed by atoms with van der Waals surface area (Å²) < 4.78 is 54.2. The third-order valence-electron chi connectivity index (χ3n) is 4.90. The number of amides is 1. The molecule has 1 aliphatic heterocycles. The number of para-hydroxylation sites is 1. The minimum Gasteiger partial charge on any atom is -0.364 e. The van der Waals surface area contributed by atoms with Crippen LogP contribution in [-0.2, 0) is 0 Å². The van der Waals surface area contributed by atoms with Gasteiger partial charge < -0.3 is 5.11 Å². The normalized spacial score (nSPS) is 18.8. The number of aromatic nitrogens is 1. The average Bonchev–Trinajstić information content (AvgIpc) is 3.12. The van der Waals surface area contributed by atoms with Crippen LogP contribution in [0.25, 0.3) is 22.2 Å². The number of hydrazone groups is 1. The summed E-state index contributed by atoms with van der Waals surface area (Å²) in [5.41, 5.74) is -2.86. The van der Waals surface area contributed by atoms with Gasteiger partial charge in [0, 0.05) is 21.8 Å². The quantitative estimate of drug-likeness (QED) is 0.513. The highest BCUT2D eigenvalue weighted by Gasteiger charge is 2.53. The largest absolute Gasteiger partial charge is 0.364 e. The molecule has 1 aromatic heterocycles. The summed E-state index contributed by atoms with van der Waals surface area (Å²) in [5, 5.41) is 14.1. The van der Waals surface area contributed by atoms with Gasteiger partial charge >= 0.3 is 0 Å². The molecule has 0 fully saturated rings. The number of hydrogen-bond donors (Lipinski definition) is 1. The number of nitrogens with zero attached hydrogens (tertiary/aromatic N) is 3. The van der Waals surface area contributed by atoms with E-state index in [1.54, 1.807) is 48.5 Å². The maximum Gasteiger partial charge on any atom is 0.287 e. The average molecular weight is 496 g/mol. The topological polar surface area (TPSA) is 65.8 Å². The van der Waals surface area contributed by atoms with Crippen LogP contribution in [-0.4, -0.2) is 45.3 Å². The van der Waals surface area contributed by atoms with E-state index in [2.05, 4.69) is 26.0 Å². The number of aliphatic hydroxyl groups is 1. The molecule has 4 rings (SSSR count). The smallest absolute Gasteiger partial charge is 0.287 e. The minimum atomic E-state index is -3.51. The summed E-state index contributed by atoms with van der Waals surface area (Å²) in [4.78, 5) is 17.8. The second-order valence-electron chi connectivity index (χ2n) is 6.95. The first-order valence-electron chi connectivity index (χ1n) is 9.07. The first kappa shape index (κ1) is 21.4. The van der Waals surface area contributed by atoms with Gasteiger partial charge in [-0.15, -0.1) is 0 Å². The van der Waals surface area contributed by atoms with Gasteiger partial charge in [0.05, 0.1) is 16.8 Å². The third kappa shape index (κ3) is 3.81. The van der Waals surface area contributed by atoms with E-state index >= 15 is 0 Å². The second kappa shape index (κ2) is 8.01. The first-order chi connectivity index (χ1) is 14.7. The highest BCUT2D eigenvalue weighted by Crippen LogP contribution is 2.36. The zero-order chi connectivity index (χ0) is 22.3. The summed E-state index contributed by atoms with van der Waals surface area (Å²) in [5.74, 6) is -1.13. The predicted octanol–water partition coefficient (Wildman–Crippen LogP) is 5.09. The monoisotopic (exact) mass is 495 g/mol. The maximum absolute atomic E-state index is 13.6. The zero-order valence-corrected chi connectivity index (χ0v) is 17.2. The van der Waals surface area contributed by atoms with Crippen LogP contribution in [0.4, 0.5) is 17.6 Å². The Hall–Kier alpha value is -2.85. The number of carbonyl (C=O) groups excluding carboxylic acids is 1. The lowest BCUT2D eigenvalue weighted by atomic mass is 10.0. The Morgan fingerprint density at radius 3 is 2.52 bits per heavy atom.